The molecule has 0 aromatic heterocycles. The van der Waals surface area contributed by atoms with Crippen molar-refractivity contribution in [3.05, 3.63) is 23.8 Å². The molecule has 27 heavy (non-hydrogen) atoms. The first-order valence-electron chi connectivity index (χ1n) is 8.94. The number of amides is 3. The molecule has 9 heteroatoms. The molecule has 0 atom stereocenters. The number of carbonyl (C=O) groups is 2. The molecule has 0 spiro atoms. The zero-order valence-electron chi connectivity index (χ0n) is 15.4. The maximum Gasteiger partial charge on any atom is 0.416 e. The highest BCUT2D eigenvalue weighted by atomic mass is 19.4. The fraction of sp³-hybridized carbons (Fsp3) is 0.556. The fourth-order valence-electron chi connectivity index (χ4n) is 2.78. The van der Waals surface area contributed by atoms with Crippen molar-refractivity contribution >= 4 is 23.3 Å². The summed E-state index contributed by atoms with van der Waals surface area (Å²) in [4.78, 5) is 25.5. The van der Waals surface area contributed by atoms with E-state index in [2.05, 4.69) is 16.0 Å². The number of benzene rings is 1. The molecule has 1 saturated heterocycles. The smallest absolute Gasteiger partial charge is 0.374 e. The maximum atomic E-state index is 13.0. The monoisotopic (exact) mass is 386 g/mol. The molecule has 6 nitrogen and oxygen atoms in total. The zero-order valence-corrected chi connectivity index (χ0v) is 15.4. The van der Waals surface area contributed by atoms with Gasteiger partial charge in [-0.1, -0.05) is 13.8 Å². The van der Waals surface area contributed by atoms with E-state index in [1.807, 2.05) is 18.7 Å². The van der Waals surface area contributed by atoms with Crippen molar-refractivity contribution in [1.29, 1.82) is 0 Å². The van der Waals surface area contributed by atoms with Gasteiger partial charge in [0.25, 0.3) is 0 Å². The Morgan fingerprint density at radius 1 is 1.19 bits per heavy atom. The van der Waals surface area contributed by atoms with Crippen molar-refractivity contribution in [2.24, 2.45) is 5.92 Å². The van der Waals surface area contributed by atoms with Gasteiger partial charge in [-0.2, -0.15) is 13.2 Å². The normalized spacial score (nSPS) is 14.4. The van der Waals surface area contributed by atoms with E-state index < -0.39 is 23.7 Å². The van der Waals surface area contributed by atoms with Crippen molar-refractivity contribution in [1.82, 2.24) is 10.6 Å². The van der Waals surface area contributed by atoms with Gasteiger partial charge in [-0.3, -0.25) is 10.1 Å². The Labute approximate surface area is 156 Å². The van der Waals surface area contributed by atoms with E-state index in [1.165, 1.54) is 6.07 Å². The van der Waals surface area contributed by atoms with Crippen molar-refractivity contribution < 1.29 is 22.8 Å². The summed E-state index contributed by atoms with van der Waals surface area (Å²) in [6.07, 6.45) is -2.53. The number of rotatable bonds is 6. The predicted octanol–water partition coefficient (Wildman–Crippen LogP) is 3.20. The molecule has 150 valence electrons. The first-order valence-corrected chi connectivity index (χ1v) is 8.94. The largest absolute Gasteiger partial charge is 0.416 e. The SMILES string of the molecule is CC(C)CNC(=O)NC(=O)CNc1cc(C(F)(F)F)ccc1N1CCCC1. The van der Waals surface area contributed by atoms with Gasteiger partial charge in [0.2, 0.25) is 5.91 Å². The molecule has 1 aromatic carbocycles. The summed E-state index contributed by atoms with van der Waals surface area (Å²) in [5.41, 5.74) is 0.0602. The van der Waals surface area contributed by atoms with Gasteiger partial charge in [0.1, 0.15) is 0 Å². The summed E-state index contributed by atoms with van der Waals surface area (Å²) in [5.74, 6) is -0.391. The van der Waals surface area contributed by atoms with Gasteiger partial charge in [-0.25, -0.2) is 4.79 Å². The van der Waals surface area contributed by atoms with E-state index in [-0.39, 0.29) is 18.2 Å². The Hall–Kier alpha value is -2.45. The number of anilines is 2. The van der Waals surface area contributed by atoms with Crippen LogP contribution in [0.3, 0.4) is 0 Å². The van der Waals surface area contributed by atoms with Crippen LogP contribution in [0, 0.1) is 5.92 Å². The lowest BCUT2D eigenvalue weighted by molar-refractivity contribution is -0.137. The van der Waals surface area contributed by atoms with Gasteiger partial charge < -0.3 is 15.5 Å². The third-order valence-electron chi connectivity index (χ3n) is 4.13. The molecule has 0 aliphatic carbocycles. The molecule has 2 rings (SSSR count). The lowest BCUT2D eigenvalue weighted by atomic mass is 10.1. The van der Waals surface area contributed by atoms with Crippen LogP contribution in [0.25, 0.3) is 0 Å². The Morgan fingerprint density at radius 3 is 2.44 bits per heavy atom. The standard InChI is InChI=1S/C18H25F3N4O2/c1-12(2)10-23-17(27)24-16(26)11-22-14-9-13(18(19,20)21)5-6-15(14)25-7-3-4-8-25/h5-6,9,12,22H,3-4,7-8,10-11H2,1-2H3,(H2,23,24,26,27). The van der Waals surface area contributed by atoms with Gasteiger partial charge in [0.15, 0.2) is 0 Å². The summed E-state index contributed by atoms with van der Waals surface area (Å²) in [6.45, 7) is 5.44. The van der Waals surface area contributed by atoms with Gasteiger partial charge >= 0.3 is 12.2 Å². The maximum absolute atomic E-state index is 13.0. The lowest BCUT2D eigenvalue weighted by Crippen LogP contribution is -2.43. The van der Waals surface area contributed by atoms with E-state index >= 15 is 0 Å². The van der Waals surface area contributed by atoms with Crippen LogP contribution >= 0.6 is 0 Å². The highest BCUT2D eigenvalue weighted by molar-refractivity contribution is 5.96. The second-order valence-electron chi connectivity index (χ2n) is 6.93. The molecule has 1 aliphatic heterocycles. The molecule has 1 aromatic rings. The predicted molar refractivity (Wildman–Crippen MR) is 97.8 cm³/mol. The fourth-order valence-corrected chi connectivity index (χ4v) is 2.78. The van der Waals surface area contributed by atoms with Crippen LogP contribution in [-0.4, -0.2) is 38.1 Å². The van der Waals surface area contributed by atoms with E-state index in [4.69, 9.17) is 0 Å². The Morgan fingerprint density at radius 2 is 1.85 bits per heavy atom. The number of hydrogen-bond acceptors (Lipinski definition) is 4. The number of nitrogens with zero attached hydrogens (tertiary/aromatic N) is 1. The van der Waals surface area contributed by atoms with E-state index in [0.29, 0.717) is 12.2 Å². The van der Waals surface area contributed by atoms with Crippen LogP contribution in [0.5, 0.6) is 0 Å². The molecule has 3 amide bonds. The zero-order chi connectivity index (χ0) is 20.0. The summed E-state index contributed by atoms with van der Waals surface area (Å²) in [5, 5.41) is 7.43. The van der Waals surface area contributed by atoms with E-state index in [1.54, 1.807) is 0 Å². The molecule has 1 aliphatic rings. The summed E-state index contributed by atoms with van der Waals surface area (Å²) >= 11 is 0. The number of urea groups is 1. The molecule has 1 heterocycles. The second-order valence-corrected chi connectivity index (χ2v) is 6.93. The molecular formula is C18H25F3N4O2. The van der Waals surface area contributed by atoms with Crippen molar-refractivity contribution in [2.45, 2.75) is 32.9 Å². The average molecular weight is 386 g/mol. The van der Waals surface area contributed by atoms with E-state index in [0.717, 1.165) is 38.1 Å². The van der Waals surface area contributed by atoms with Gasteiger partial charge in [0.05, 0.1) is 23.5 Å². The third-order valence-corrected chi connectivity index (χ3v) is 4.13. The molecule has 0 saturated carbocycles. The van der Waals surface area contributed by atoms with Gasteiger partial charge in [-0.15, -0.1) is 0 Å². The number of nitrogens with one attached hydrogen (secondary N) is 3. The molecule has 3 N–H and O–H groups in total. The quantitative estimate of drug-likeness (QED) is 0.702. The molecule has 0 radical (unpaired) electrons. The van der Waals surface area contributed by atoms with Crippen LogP contribution in [0.15, 0.2) is 18.2 Å². The molecular weight excluding hydrogens is 361 g/mol. The van der Waals surface area contributed by atoms with E-state index in [9.17, 15) is 22.8 Å². The Bertz CT molecular complexity index is 671. The van der Waals surface area contributed by atoms with Crippen LogP contribution in [0.1, 0.15) is 32.3 Å². The topological polar surface area (TPSA) is 73.5 Å². The van der Waals surface area contributed by atoms with Crippen LogP contribution in [0.2, 0.25) is 0 Å². The molecule has 1 fully saturated rings. The number of halogens is 3. The van der Waals surface area contributed by atoms with Crippen LogP contribution in [0.4, 0.5) is 29.3 Å². The van der Waals surface area contributed by atoms with Crippen molar-refractivity contribution in [2.75, 3.05) is 36.4 Å². The van der Waals surface area contributed by atoms with Crippen LogP contribution in [-0.2, 0) is 11.0 Å². The second kappa shape index (κ2) is 8.96. The minimum absolute atomic E-state index is 0.226. The van der Waals surface area contributed by atoms with Gasteiger partial charge in [-0.05, 0) is 37.0 Å². The summed E-state index contributed by atoms with van der Waals surface area (Å²) < 4.78 is 39.1. The highest BCUT2D eigenvalue weighted by Crippen LogP contribution is 2.36. The number of alkyl halides is 3. The van der Waals surface area contributed by atoms with Crippen LogP contribution < -0.4 is 20.9 Å². The third kappa shape index (κ3) is 6.33. The minimum atomic E-state index is -4.47. The number of imide groups is 1. The summed E-state index contributed by atoms with van der Waals surface area (Å²) in [6, 6.07) is 2.83. The first-order chi connectivity index (χ1) is 12.7. The number of hydrogen-bond donors (Lipinski definition) is 3. The van der Waals surface area contributed by atoms with Crippen molar-refractivity contribution in [3.8, 4) is 0 Å². The highest BCUT2D eigenvalue weighted by Gasteiger charge is 2.31. The lowest BCUT2D eigenvalue weighted by Gasteiger charge is -2.23. The number of carbonyl (C=O) groups excluding carboxylic acids is 2. The Balaban J connectivity index is 2.04. The first kappa shape index (κ1) is 20.9. The molecule has 0 unspecified atom stereocenters. The van der Waals surface area contributed by atoms with Gasteiger partial charge in [0, 0.05) is 19.6 Å². The minimum Gasteiger partial charge on any atom is -0.374 e. The average Bonchev–Trinajstić information content (AvgIpc) is 3.11. The van der Waals surface area contributed by atoms with Crippen molar-refractivity contribution in [3.63, 3.8) is 0 Å². The molecule has 0 bridgehead atoms. The summed E-state index contributed by atoms with van der Waals surface area (Å²) in [7, 11) is 0. The Kier molecular flexibility index (Phi) is 6.92.